The van der Waals surface area contributed by atoms with Gasteiger partial charge in [-0.15, -0.1) is 23.2 Å². The molecule has 0 aromatic rings. The number of alkyl halides is 4. The molecular weight excluding hydrogens is 357 g/mol. The van der Waals surface area contributed by atoms with Crippen molar-refractivity contribution in [2.24, 2.45) is 11.8 Å². The Labute approximate surface area is 137 Å². The molecule has 0 aliphatic heterocycles. The number of halogens is 6. The predicted molar refractivity (Wildman–Crippen MR) is 80.4 cm³/mol. The number of fused-ring (bicyclic) bond motifs is 5. The standard InChI is InChI=1S/C12H12Cl6/c13-8-9(14)11(16)7-5-3-1-2-4-6(7)10(8,15)12(11,17)18/h6-7H,1-5H2/t6-,7-,10+,11+/m1/s1. The number of hydrogen-bond acceptors (Lipinski definition) is 0. The molecule has 0 saturated heterocycles. The Morgan fingerprint density at radius 3 is 1.50 bits per heavy atom. The van der Waals surface area contributed by atoms with Gasteiger partial charge in [-0.2, -0.15) is 0 Å². The molecule has 0 heterocycles. The molecule has 0 amide bonds. The van der Waals surface area contributed by atoms with E-state index in [1.54, 1.807) is 0 Å². The summed E-state index contributed by atoms with van der Waals surface area (Å²) in [6.45, 7) is 0. The lowest BCUT2D eigenvalue weighted by molar-refractivity contribution is 0.308. The van der Waals surface area contributed by atoms with E-state index in [2.05, 4.69) is 0 Å². The summed E-state index contributed by atoms with van der Waals surface area (Å²) in [5.41, 5.74) is 0. The zero-order valence-electron chi connectivity index (χ0n) is 9.46. The van der Waals surface area contributed by atoms with Crippen LogP contribution < -0.4 is 0 Å². The van der Waals surface area contributed by atoms with Crippen molar-refractivity contribution in [2.45, 2.75) is 46.2 Å². The molecule has 0 N–H and O–H groups in total. The lowest BCUT2D eigenvalue weighted by Crippen LogP contribution is -2.44. The zero-order valence-corrected chi connectivity index (χ0v) is 14.0. The van der Waals surface area contributed by atoms with Gasteiger partial charge in [-0.25, -0.2) is 0 Å². The maximum atomic E-state index is 6.75. The van der Waals surface area contributed by atoms with Crippen molar-refractivity contribution in [3.05, 3.63) is 10.1 Å². The Bertz CT molecular complexity index is 394. The van der Waals surface area contributed by atoms with Gasteiger partial charge in [0.2, 0.25) is 0 Å². The molecule has 3 rings (SSSR count). The minimum atomic E-state index is -1.34. The van der Waals surface area contributed by atoms with Gasteiger partial charge in [-0.05, 0) is 24.7 Å². The topological polar surface area (TPSA) is 0 Å². The SMILES string of the molecule is ClC1=C(Cl)[C@@]2(Cl)[C@@H]3CCCCC[C@H]3[C@@]1(Cl)C2(Cl)Cl. The molecule has 4 atom stereocenters. The maximum absolute atomic E-state index is 6.75. The summed E-state index contributed by atoms with van der Waals surface area (Å²) in [7, 11) is 0. The summed E-state index contributed by atoms with van der Waals surface area (Å²) in [6, 6.07) is 0. The number of hydrogen-bond donors (Lipinski definition) is 0. The molecule has 102 valence electrons. The minimum Gasteiger partial charge on any atom is -0.109 e. The second-order valence-corrected chi connectivity index (χ2v) is 8.75. The first-order valence-corrected chi connectivity index (χ1v) is 8.38. The van der Waals surface area contributed by atoms with Crippen LogP contribution in [-0.2, 0) is 0 Å². The van der Waals surface area contributed by atoms with Gasteiger partial charge in [0.15, 0.2) is 4.33 Å². The summed E-state index contributed by atoms with van der Waals surface area (Å²) < 4.78 is -1.34. The summed E-state index contributed by atoms with van der Waals surface area (Å²) in [6.07, 6.45) is 5.29. The highest BCUT2D eigenvalue weighted by atomic mass is 35.5. The largest absolute Gasteiger partial charge is 0.166 e. The van der Waals surface area contributed by atoms with Crippen LogP contribution in [0.5, 0.6) is 0 Å². The Morgan fingerprint density at radius 2 is 1.11 bits per heavy atom. The van der Waals surface area contributed by atoms with Crippen molar-refractivity contribution in [3.8, 4) is 0 Å². The predicted octanol–water partition coefficient (Wildman–Crippen LogP) is 6.03. The lowest BCUT2D eigenvalue weighted by atomic mass is 9.79. The van der Waals surface area contributed by atoms with Crippen LogP contribution in [0.15, 0.2) is 10.1 Å². The first-order chi connectivity index (χ1) is 8.29. The van der Waals surface area contributed by atoms with Gasteiger partial charge in [0.05, 0.1) is 10.1 Å². The fourth-order valence-electron chi connectivity index (χ4n) is 3.91. The Kier molecular flexibility index (Phi) is 3.40. The van der Waals surface area contributed by atoms with E-state index in [9.17, 15) is 0 Å². The smallest absolute Gasteiger partial charge is 0.109 e. The van der Waals surface area contributed by atoms with Crippen molar-refractivity contribution in [2.75, 3.05) is 0 Å². The summed E-state index contributed by atoms with van der Waals surface area (Å²) in [5, 5.41) is 0.683. The molecule has 3 aliphatic carbocycles. The van der Waals surface area contributed by atoms with Crippen molar-refractivity contribution in [3.63, 3.8) is 0 Å². The number of allylic oxidation sites excluding steroid dienone is 2. The van der Waals surface area contributed by atoms with Crippen LogP contribution in [-0.4, -0.2) is 14.1 Å². The molecule has 6 heteroatoms. The fraction of sp³-hybridized carbons (Fsp3) is 0.833. The van der Waals surface area contributed by atoms with Gasteiger partial charge in [0, 0.05) is 0 Å². The van der Waals surface area contributed by atoms with Gasteiger partial charge >= 0.3 is 0 Å². The van der Waals surface area contributed by atoms with Crippen LogP contribution in [0.4, 0.5) is 0 Å². The van der Waals surface area contributed by atoms with E-state index >= 15 is 0 Å². The number of rotatable bonds is 0. The molecule has 0 radical (unpaired) electrons. The Balaban J connectivity index is 2.21. The van der Waals surface area contributed by atoms with Crippen LogP contribution in [0.25, 0.3) is 0 Å². The first kappa shape index (κ1) is 14.4. The fourth-order valence-corrected chi connectivity index (χ4v) is 7.06. The molecular formula is C12H12Cl6. The van der Waals surface area contributed by atoms with Crippen LogP contribution in [0.3, 0.4) is 0 Å². The zero-order chi connectivity index (χ0) is 13.3. The Morgan fingerprint density at radius 1 is 0.722 bits per heavy atom. The third kappa shape index (κ3) is 1.34. The molecule has 2 fully saturated rings. The molecule has 0 aromatic heterocycles. The van der Waals surface area contributed by atoms with Crippen LogP contribution in [0.1, 0.15) is 32.1 Å². The van der Waals surface area contributed by atoms with Gasteiger partial charge in [-0.3, -0.25) is 0 Å². The van der Waals surface area contributed by atoms with Crippen molar-refractivity contribution >= 4 is 69.6 Å². The van der Waals surface area contributed by atoms with Crippen LogP contribution in [0.2, 0.25) is 0 Å². The second-order valence-electron chi connectivity index (χ2n) is 5.48. The average Bonchev–Trinajstić information content (AvgIpc) is 2.60. The van der Waals surface area contributed by atoms with E-state index in [0.717, 1.165) is 25.7 Å². The molecule has 0 spiro atoms. The maximum Gasteiger partial charge on any atom is 0.166 e. The van der Waals surface area contributed by atoms with E-state index in [1.165, 1.54) is 6.42 Å². The second kappa shape index (κ2) is 4.24. The molecule has 2 bridgehead atoms. The van der Waals surface area contributed by atoms with Gasteiger partial charge in [0.1, 0.15) is 9.75 Å². The molecule has 3 aliphatic rings. The van der Waals surface area contributed by atoms with Crippen LogP contribution in [0, 0.1) is 11.8 Å². The highest BCUT2D eigenvalue weighted by molar-refractivity contribution is 6.65. The summed E-state index contributed by atoms with van der Waals surface area (Å²) >= 11 is 39.2. The van der Waals surface area contributed by atoms with E-state index in [-0.39, 0.29) is 11.8 Å². The van der Waals surface area contributed by atoms with E-state index in [4.69, 9.17) is 69.6 Å². The van der Waals surface area contributed by atoms with Crippen molar-refractivity contribution < 1.29 is 0 Å². The monoisotopic (exact) mass is 366 g/mol. The van der Waals surface area contributed by atoms with Crippen molar-refractivity contribution in [1.29, 1.82) is 0 Å². The minimum absolute atomic E-state index is 0.101. The van der Waals surface area contributed by atoms with Gasteiger partial charge in [0.25, 0.3) is 0 Å². The first-order valence-electron chi connectivity index (χ1n) is 6.11. The third-order valence-corrected chi connectivity index (χ3v) is 9.13. The molecule has 0 unspecified atom stereocenters. The molecule has 0 aromatic carbocycles. The molecule has 0 nitrogen and oxygen atoms in total. The average molecular weight is 369 g/mol. The van der Waals surface area contributed by atoms with Crippen LogP contribution >= 0.6 is 69.6 Å². The normalized spacial score (nSPS) is 50.3. The Hall–Kier alpha value is 1.48. The van der Waals surface area contributed by atoms with E-state index in [0.29, 0.717) is 10.1 Å². The quantitative estimate of drug-likeness (QED) is 0.458. The summed E-state index contributed by atoms with van der Waals surface area (Å²) in [5.74, 6) is 0.202. The lowest BCUT2D eigenvalue weighted by Gasteiger charge is -2.35. The highest BCUT2D eigenvalue weighted by Crippen LogP contribution is 2.77. The van der Waals surface area contributed by atoms with Gasteiger partial charge in [-0.1, -0.05) is 65.7 Å². The molecule has 2 saturated carbocycles. The summed E-state index contributed by atoms with van der Waals surface area (Å²) in [4.78, 5) is -2.07. The molecule has 18 heavy (non-hydrogen) atoms. The van der Waals surface area contributed by atoms with Crippen molar-refractivity contribution in [1.82, 2.24) is 0 Å². The van der Waals surface area contributed by atoms with E-state index in [1.807, 2.05) is 0 Å². The highest BCUT2D eigenvalue weighted by Gasteiger charge is 2.81. The van der Waals surface area contributed by atoms with Gasteiger partial charge < -0.3 is 0 Å². The third-order valence-electron chi connectivity index (χ3n) is 4.78. The van der Waals surface area contributed by atoms with E-state index < -0.39 is 14.1 Å².